The fraction of sp³-hybridized carbons (Fsp3) is 1.00. The molecule has 1 aliphatic rings. The Bertz CT molecular complexity index is 138. The molecule has 1 saturated heterocycles. The number of likely N-dealkylation sites (tertiary alicyclic amines) is 1. The van der Waals surface area contributed by atoms with Gasteiger partial charge in [-0.15, -0.1) is 0 Å². The monoisotopic (exact) mass is 174 g/mol. The summed E-state index contributed by atoms with van der Waals surface area (Å²) in [5.74, 6) is 0.980. The summed E-state index contributed by atoms with van der Waals surface area (Å²) in [6, 6.07) is 0. The zero-order valence-corrected chi connectivity index (χ0v) is 7.96. The van der Waals surface area contributed by atoms with Crippen LogP contribution in [-0.2, 0) is 0 Å². The summed E-state index contributed by atoms with van der Waals surface area (Å²) in [6.45, 7) is 4.37. The van der Waals surface area contributed by atoms with E-state index in [0.29, 0.717) is 24.8 Å². The number of halogens is 1. The molecule has 0 amide bonds. The number of hydrogen-bond donors (Lipinski definition) is 1. The highest BCUT2D eigenvalue weighted by molar-refractivity contribution is 4.83. The van der Waals surface area contributed by atoms with Crippen LogP contribution in [0.5, 0.6) is 0 Å². The van der Waals surface area contributed by atoms with E-state index in [9.17, 15) is 4.39 Å². The van der Waals surface area contributed by atoms with Gasteiger partial charge < -0.3 is 10.6 Å². The highest BCUT2D eigenvalue weighted by Crippen LogP contribution is 2.26. The maximum absolute atomic E-state index is 12.7. The van der Waals surface area contributed by atoms with Gasteiger partial charge in [0.15, 0.2) is 0 Å². The van der Waals surface area contributed by atoms with Crippen LogP contribution in [0.3, 0.4) is 0 Å². The molecule has 0 aromatic carbocycles. The molecule has 1 fully saturated rings. The second-order valence-electron chi connectivity index (χ2n) is 3.99. The molecule has 0 saturated carbocycles. The molecule has 72 valence electrons. The average molecular weight is 174 g/mol. The minimum Gasteiger partial charge on any atom is -0.330 e. The van der Waals surface area contributed by atoms with Gasteiger partial charge in [0, 0.05) is 13.1 Å². The minimum atomic E-state index is -0.685. The van der Waals surface area contributed by atoms with Crippen molar-refractivity contribution >= 4 is 0 Å². The molecule has 0 radical (unpaired) electrons. The van der Waals surface area contributed by atoms with Crippen LogP contribution in [0.25, 0.3) is 0 Å². The summed E-state index contributed by atoms with van der Waals surface area (Å²) in [6.07, 6.45) is -0.0119. The van der Waals surface area contributed by atoms with Gasteiger partial charge in [-0.05, 0) is 38.8 Å². The zero-order valence-electron chi connectivity index (χ0n) is 7.96. The Labute approximate surface area is 73.9 Å². The Morgan fingerprint density at radius 3 is 2.58 bits per heavy atom. The molecule has 0 aliphatic carbocycles. The molecule has 0 spiro atoms. The lowest BCUT2D eigenvalue weighted by atomic mass is 9.91. The van der Waals surface area contributed by atoms with Crippen molar-refractivity contribution in [2.24, 2.45) is 17.6 Å². The van der Waals surface area contributed by atoms with Crippen molar-refractivity contribution in [2.75, 3.05) is 26.7 Å². The first-order valence-electron chi connectivity index (χ1n) is 4.66. The van der Waals surface area contributed by atoms with Crippen LogP contribution in [0.4, 0.5) is 4.39 Å². The third-order valence-corrected chi connectivity index (χ3v) is 2.69. The predicted octanol–water partition coefficient (Wildman–Crippen LogP) is 0.871. The standard InChI is InChI=1S/C9H19FN2/c1-7(10)3-8-5-12(2)6-9(8)4-11/h7-9H,3-6,11H2,1-2H3. The Morgan fingerprint density at radius 1 is 1.50 bits per heavy atom. The molecule has 0 bridgehead atoms. The number of alkyl halides is 1. The van der Waals surface area contributed by atoms with Gasteiger partial charge in [-0.2, -0.15) is 0 Å². The van der Waals surface area contributed by atoms with Crippen molar-refractivity contribution in [2.45, 2.75) is 19.5 Å². The van der Waals surface area contributed by atoms with Crippen LogP contribution in [-0.4, -0.2) is 37.8 Å². The molecular formula is C9H19FN2. The quantitative estimate of drug-likeness (QED) is 0.688. The van der Waals surface area contributed by atoms with Gasteiger partial charge >= 0.3 is 0 Å². The molecule has 1 heterocycles. The van der Waals surface area contributed by atoms with Crippen molar-refractivity contribution in [3.05, 3.63) is 0 Å². The van der Waals surface area contributed by atoms with Gasteiger partial charge in [0.05, 0.1) is 6.17 Å². The molecule has 3 unspecified atom stereocenters. The summed E-state index contributed by atoms with van der Waals surface area (Å²) < 4.78 is 12.7. The molecule has 3 atom stereocenters. The van der Waals surface area contributed by atoms with E-state index in [1.807, 2.05) is 0 Å². The molecule has 12 heavy (non-hydrogen) atoms. The van der Waals surface area contributed by atoms with E-state index < -0.39 is 6.17 Å². The summed E-state index contributed by atoms with van der Waals surface area (Å²) in [7, 11) is 2.07. The molecule has 3 heteroatoms. The van der Waals surface area contributed by atoms with Crippen molar-refractivity contribution < 1.29 is 4.39 Å². The fourth-order valence-electron chi connectivity index (χ4n) is 2.12. The van der Waals surface area contributed by atoms with Crippen molar-refractivity contribution in [3.63, 3.8) is 0 Å². The first kappa shape index (κ1) is 9.93. The molecule has 2 N–H and O–H groups in total. The lowest BCUT2D eigenvalue weighted by Gasteiger charge is -2.16. The van der Waals surface area contributed by atoms with Gasteiger partial charge in [0.1, 0.15) is 0 Å². The van der Waals surface area contributed by atoms with Crippen molar-refractivity contribution in [3.8, 4) is 0 Å². The average Bonchev–Trinajstić information content (AvgIpc) is 2.29. The highest BCUT2D eigenvalue weighted by atomic mass is 19.1. The summed E-state index contributed by atoms with van der Waals surface area (Å²) in [5.41, 5.74) is 5.61. The summed E-state index contributed by atoms with van der Waals surface area (Å²) >= 11 is 0. The van der Waals surface area contributed by atoms with E-state index in [4.69, 9.17) is 5.73 Å². The van der Waals surface area contributed by atoms with Crippen LogP contribution in [0.2, 0.25) is 0 Å². The number of rotatable bonds is 3. The third kappa shape index (κ3) is 2.42. The smallest absolute Gasteiger partial charge is 0.0976 e. The number of hydrogen-bond acceptors (Lipinski definition) is 2. The van der Waals surface area contributed by atoms with Crippen LogP contribution < -0.4 is 5.73 Å². The van der Waals surface area contributed by atoms with E-state index in [2.05, 4.69) is 11.9 Å². The Kier molecular flexibility index (Phi) is 3.47. The molecule has 1 aliphatic heterocycles. The van der Waals surface area contributed by atoms with Crippen molar-refractivity contribution in [1.29, 1.82) is 0 Å². The van der Waals surface area contributed by atoms with E-state index in [1.165, 1.54) is 0 Å². The molecular weight excluding hydrogens is 155 g/mol. The maximum Gasteiger partial charge on any atom is 0.0976 e. The topological polar surface area (TPSA) is 29.3 Å². The first-order valence-corrected chi connectivity index (χ1v) is 4.66. The van der Waals surface area contributed by atoms with Gasteiger partial charge in [0.2, 0.25) is 0 Å². The fourth-order valence-corrected chi connectivity index (χ4v) is 2.12. The SMILES string of the molecule is CC(F)CC1CN(C)CC1CN. The third-order valence-electron chi connectivity index (χ3n) is 2.69. The lowest BCUT2D eigenvalue weighted by Crippen LogP contribution is -2.23. The summed E-state index contributed by atoms with van der Waals surface area (Å²) in [4.78, 5) is 2.24. The second kappa shape index (κ2) is 4.19. The first-order chi connectivity index (χ1) is 5.63. The van der Waals surface area contributed by atoms with Gasteiger partial charge in [-0.3, -0.25) is 0 Å². The zero-order chi connectivity index (χ0) is 9.14. The second-order valence-corrected chi connectivity index (χ2v) is 3.99. The van der Waals surface area contributed by atoms with Crippen LogP contribution in [0, 0.1) is 11.8 Å². The number of nitrogens with two attached hydrogens (primary N) is 1. The Balaban J connectivity index is 2.40. The molecule has 2 nitrogen and oxygen atoms in total. The molecule has 0 aromatic heterocycles. The summed E-state index contributed by atoms with van der Waals surface area (Å²) in [5, 5.41) is 0. The lowest BCUT2D eigenvalue weighted by molar-refractivity contribution is 0.263. The maximum atomic E-state index is 12.7. The van der Waals surface area contributed by atoms with Gasteiger partial charge in [-0.1, -0.05) is 0 Å². The van der Waals surface area contributed by atoms with E-state index >= 15 is 0 Å². The normalized spacial score (nSPS) is 34.0. The molecule has 1 rings (SSSR count). The largest absolute Gasteiger partial charge is 0.330 e. The Morgan fingerprint density at radius 2 is 2.08 bits per heavy atom. The highest BCUT2D eigenvalue weighted by Gasteiger charge is 2.30. The van der Waals surface area contributed by atoms with Gasteiger partial charge in [0.25, 0.3) is 0 Å². The Hall–Kier alpha value is -0.150. The predicted molar refractivity (Wildman–Crippen MR) is 48.7 cm³/mol. The van der Waals surface area contributed by atoms with Crippen LogP contribution in [0.15, 0.2) is 0 Å². The van der Waals surface area contributed by atoms with Crippen molar-refractivity contribution in [1.82, 2.24) is 4.90 Å². The van der Waals surface area contributed by atoms with E-state index in [-0.39, 0.29) is 0 Å². The molecule has 0 aromatic rings. The van der Waals surface area contributed by atoms with Crippen LogP contribution in [0.1, 0.15) is 13.3 Å². The number of nitrogens with zero attached hydrogens (tertiary/aromatic N) is 1. The minimum absolute atomic E-state index is 0.472. The van der Waals surface area contributed by atoms with E-state index in [0.717, 1.165) is 13.1 Å². The van der Waals surface area contributed by atoms with Crippen LogP contribution >= 0.6 is 0 Å². The van der Waals surface area contributed by atoms with E-state index in [1.54, 1.807) is 6.92 Å². The van der Waals surface area contributed by atoms with Gasteiger partial charge in [-0.25, -0.2) is 4.39 Å².